The highest BCUT2D eigenvalue weighted by molar-refractivity contribution is 5.85. The van der Waals surface area contributed by atoms with Gasteiger partial charge in [0.05, 0.1) is 6.10 Å². The fourth-order valence-corrected chi connectivity index (χ4v) is 1.12. The zero-order valence-electron chi connectivity index (χ0n) is 6.30. The van der Waals surface area contributed by atoms with Gasteiger partial charge in [-0.2, -0.15) is 13.2 Å². The van der Waals surface area contributed by atoms with Gasteiger partial charge < -0.3 is 10.5 Å². The molecule has 1 heterocycles. The summed E-state index contributed by atoms with van der Waals surface area (Å²) in [6.07, 6.45) is -5.74. The molecule has 1 aliphatic rings. The molecular formula is C6H11ClF3NO. The van der Waals surface area contributed by atoms with E-state index in [1.807, 2.05) is 0 Å². The standard InChI is InChI=1S/C6H10F3NO.ClH/c7-6(8,9)5-2-1-4(3-10)11-5;/h4-5H,1-3,10H2;1H. The number of ether oxygens (including phenoxy) is 1. The molecule has 6 heteroatoms. The monoisotopic (exact) mass is 205 g/mol. The molecule has 1 rings (SSSR count). The van der Waals surface area contributed by atoms with Crippen LogP contribution in [0, 0.1) is 0 Å². The molecule has 0 aliphatic carbocycles. The Kier molecular flexibility index (Phi) is 4.30. The lowest BCUT2D eigenvalue weighted by atomic mass is 10.2. The molecule has 12 heavy (non-hydrogen) atoms. The summed E-state index contributed by atoms with van der Waals surface area (Å²) < 4.78 is 40.3. The molecule has 0 bridgehead atoms. The zero-order chi connectivity index (χ0) is 8.48. The van der Waals surface area contributed by atoms with Crippen molar-refractivity contribution in [3.05, 3.63) is 0 Å². The normalized spacial score (nSPS) is 30.0. The molecule has 2 N–H and O–H groups in total. The van der Waals surface area contributed by atoms with Crippen LogP contribution in [0.4, 0.5) is 13.2 Å². The van der Waals surface area contributed by atoms with E-state index in [0.29, 0.717) is 6.42 Å². The summed E-state index contributed by atoms with van der Waals surface area (Å²) in [5.41, 5.74) is 5.15. The predicted octanol–water partition coefficient (Wildman–Crippen LogP) is 1.48. The van der Waals surface area contributed by atoms with Crippen LogP contribution >= 0.6 is 12.4 Å². The Labute approximate surface area is 74.7 Å². The highest BCUT2D eigenvalue weighted by atomic mass is 35.5. The number of hydrogen-bond acceptors (Lipinski definition) is 2. The first-order valence-corrected chi connectivity index (χ1v) is 3.46. The molecular weight excluding hydrogens is 195 g/mol. The lowest BCUT2D eigenvalue weighted by molar-refractivity contribution is -0.213. The molecule has 2 unspecified atom stereocenters. The highest BCUT2D eigenvalue weighted by Crippen LogP contribution is 2.32. The van der Waals surface area contributed by atoms with Crippen molar-refractivity contribution < 1.29 is 17.9 Å². The van der Waals surface area contributed by atoms with E-state index < -0.39 is 18.4 Å². The number of nitrogens with two attached hydrogens (primary N) is 1. The second kappa shape index (κ2) is 4.30. The Bertz CT molecular complexity index is 141. The van der Waals surface area contributed by atoms with Crippen molar-refractivity contribution in [2.24, 2.45) is 5.73 Å². The maximum atomic E-state index is 11.9. The molecule has 0 spiro atoms. The largest absolute Gasteiger partial charge is 0.414 e. The molecule has 1 fully saturated rings. The Balaban J connectivity index is 0.00000121. The zero-order valence-corrected chi connectivity index (χ0v) is 7.12. The van der Waals surface area contributed by atoms with Crippen molar-refractivity contribution in [3.8, 4) is 0 Å². The first-order chi connectivity index (χ1) is 5.04. The Morgan fingerprint density at radius 1 is 1.33 bits per heavy atom. The van der Waals surface area contributed by atoms with Gasteiger partial charge in [-0.1, -0.05) is 0 Å². The molecule has 0 aromatic carbocycles. The second-order valence-electron chi connectivity index (χ2n) is 2.60. The highest BCUT2D eigenvalue weighted by Gasteiger charge is 2.44. The maximum Gasteiger partial charge on any atom is 0.414 e. The van der Waals surface area contributed by atoms with E-state index in [9.17, 15) is 13.2 Å². The SMILES string of the molecule is Cl.NCC1CCC(C(F)(F)F)O1. The van der Waals surface area contributed by atoms with Gasteiger partial charge in [-0.25, -0.2) is 0 Å². The van der Waals surface area contributed by atoms with Crippen LogP contribution in [0.15, 0.2) is 0 Å². The Morgan fingerprint density at radius 2 is 1.92 bits per heavy atom. The van der Waals surface area contributed by atoms with E-state index in [4.69, 9.17) is 5.73 Å². The number of hydrogen-bond donors (Lipinski definition) is 1. The van der Waals surface area contributed by atoms with Crippen LogP contribution in [0.25, 0.3) is 0 Å². The van der Waals surface area contributed by atoms with Gasteiger partial charge in [-0.15, -0.1) is 12.4 Å². The summed E-state index contributed by atoms with van der Waals surface area (Å²) in [7, 11) is 0. The van der Waals surface area contributed by atoms with Crippen LogP contribution in [0.2, 0.25) is 0 Å². The van der Waals surface area contributed by atoms with E-state index in [1.165, 1.54) is 0 Å². The second-order valence-corrected chi connectivity index (χ2v) is 2.60. The summed E-state index contributed by atoms with van der Waals surface area (Å²) in [5.74, 6) is 0. The van der Waals surface area contributed by atoms with E-state index in [2.05, 4.69) is 4.74 Å². The fraction of sp³-hybridized carbons (Fsp3) is 1.00. The number of halogens is 4. The van der Waals surface area contributed by atoms with Gasteiger partial charge in [0.2, 0.25) is 0 Å². The van der Waals surface area contributed by atoms with Crippen LogP contribution in [0.5, 0.6) is 0 Å². The fourth-order valence-electron chi connectivity index (χ4n) is 1.12. The summed E-state index contributed by atoms with van der Waals surface area (Å²) in [5, 5.41) is 0. The van der Waals surface area contributed by atoms with Crippen molar-refractivity contribution in [1.29, 1.82) is 0 Å². The summed E-state index contributed by atoms with van der Waals surface area (Å²) in [6.45, 7) is 0.173. The molecule has 2 atom stereocenters. The minimum absolute atomic E-state index is 0. The molecule has 0 amide bonds. The van der Waals surface area contributed by atoms with Crippen LogP contribution in [0.3, 0.4) is 0 Å². The topological polar surface area (TPSA) is 35.2 Å². The third-order valence-electron chi connectivity index (χ3n) is 1.74. The van der Waals surface area contributed by atoms with Crippen LogP contribution < -0.4 is 5.73 Å². The van der Waals surface area contributed by atoms with Gasteiger partial charge in [0.1, 0.15) is 0 Å². The van der Waals surface area contributed by atoms with Gasteiger partial charge in [-0.3, -0.25) is 0 Å². The van der Waals surface area contributed by atoms with Crippen LogP contribution in [-0.4, -0.2) is 24.9 Å². The van der Waals surface area contributed by atoms with E-state index in [-0.39, 0.29) is 25.4 Å². The average Bonchev–Trinajstić information content (AvgIpc) is 2.32. The van der Waals surface area contributed by atoms with Gasteiger partial charge in [-0.05, 0) is 12.8 Å². The molecule has 74 valence electrons. The number of alkyl halides is 3. The smallest absolute Gasteiger partial charge is 0.364 e. The van der Waals surface area contributed by atoms with Crippen molar-refractivity contribution in [3.63, 3.8) is 0 Å². The molecule has 0 aromatic heterocycles. The minimum atomic E-state index is -4.22. The van der Waals surface area contributed by atoms with Crippen molar-refractivity contribution in [2.75, 3.05) is 6.54 Å². The van der Waals surface area contributed by atoms with Crippen molar-refractivity contribution in [2.45, 2.75) is 31.2 Å². The lowest BCUT2D eigenvalue weighted by Crippen LogP contribution is -2.30. The molecule has 2 nitrogen and oxygen atoms in total. The molecule has 1 aliphatic heterocycles. The summed E-state index contributed by atoms with van der Waals surface area (Å²) >= 11 is 0. The molecule has 0 saturated carbocycles. The van der Waals surface area contributed by atoms with E-state index in [1.54, 1.807) is 0 Å². The van der Waals surface area contributed by atoms with Gasteiger partial charge >= 0.3 is 6.18 Å². The average molecular weight is 206 g/mol. The quantitative estimate of drug-likeness (QED) is 0.704. The molecule has 1 saturated heterocycles. The van der Waals surface area contributed by atoms with Gasteiger partial charge in [0, 0.05) is 6.54 Å². The van der Waals surface area contributed by atoms with Crippen LogP contribution in [0.1, 0.15) is 12.8 Å². The maximum absolute atomic E-state index is 11.9. The van der Waals surface area contributed by atoms with Crippen LogP contribution in [-0.2, 0) is 4.74 Å². The summed E-state index contributed by atoms with van der Waals surface area (Å²) in [4.78, 5) is 0. The third kappa shape index (κ3) is 2.80. The van der Waals surface area contributed by atoms with Gasteiger partial charge in [0.25, 0.3) is 0 Å². The molecule has 0 aromatic rings. The predicted molar refractivity (Wildman–Crippen MR) is 40.3 cm³/mol. The van der Waals surface area contributed by atoms with Crippen molar-refractivity contribution >= 4 is 12.4 Å². The van der Waals surface area contributed by atoms with Crippen molar-refractivity contribution in [1.82, 2.24) is 0 Å². The minimum Gasteiger partial charge on any atom is -0.364 e. The van der Waals surface area contributed by atoms with Gasteiger partial charge in [0.15, 0.2) is 6.10 Å². The van der Waals surface area contributed by atoms with E-state index in [0.717, 1.165) is 0 Å². The Morgan fingerprint density at radius 3 is 2.17 bits per heavy atom. The Hall–Kier alpha value is -0.0000000000000000486. The lowest BCUT2D eigenvalue weighted by Gasteiger charge is -2.15. The summed E-state index contributed by atoms with van der Waals surface area (Å²) in [6, 6.07) is 0. The first-order valence-electron chi connectivity index (χ1n) is 3.46. The third-order valence-corrected chi connectivity index (χ3v) is 1.74. The first kappa shape index (κ1) is 12.0. The number of rotatable bonds is 1. The van der Waals surface area contributed by atoms with E-state index >= 15 is 0 Å². The molecule has 0 radical (unpaired) electrons.